The molecule has 2 aromatic rings. The van der Waals surface area contributed by atoms with Gasteiger partial charge in [0, 0.05) is 13.0 Å². The van der Waals surface area contributed by atoms with Crippen LogP contribution in [0, 0.1) is 6.92 Å². The number of rotatable bonds is 4. The van der Waals surface area contributed by atoms with Gasteiger partial charge in [-0.1, -0.05) is 6.07 Å². The van der Waals surface area contributed by atoms with Crippen LogP contribution in [0.3, 0.4) is 0 Å². The maximum absolute atomic E-state index is 9.42. The summed E-state index contributed by atoms with van der Waals surface area (Å²) < 4.78 is 5.50. The Kier molecular flexibility index (Phi) is 2.61. The molecule has 0 radical (unpaired) electrons. The number of oxazole rings is 1. The van der Waals surface area contributed by atoms with Crippen molar-refractivity contribution in [1.82, 2.24) is 10.3 Å². The Bertz CT molecular complexity index is 531. The molecule has 0 amide bonds. The summed E-state index contributed by atoms with van der Waals surface area (Å²) in [5, 5.41) is 12.8. The molecule has 1 atom stereocenters. The number of aliphatic hydroxyl groups is 1. The van der Waals surface area contributed by atoms with Crippen LogP contribution in [0.1, 0.15) is 30.3 Å². The Hall–Kier alpha value is -1.39. The van der Waals surface area contributed by atoms with Crippen LogP contribution >= 0.6 is 0 Å². The lowest BCUT2D eigenvalue weighted by Crippen LogP contribution is -2.26. The third kappa shape index (κ3) is 2.18. The van der Waals surface area contributed by atoms with Gasteiger partial charge in [0.25, 0.3) is 0 Å². The molecular formula is C13H16N2O2. The molecule has 0 bridgehead atoms. The van der Waals surface area contributed by atoms with Crippen molar-refractivity contribution in [2.24, 2.45) is 0 Å². The highest BCUT2D eigenvalue weighted by Gasteiger charge is 2.25. The fourth-order valence-corrected chi connectivity index (χ4v) is 2.06. The SMILES string of the molecule is Cc1nc2ccc(C(CO)NC3CC3)cc2o1. The van der Waals surface area contributed by atoms with Gasteiger partial charge in [0.05, 0.1) is 12.6 Å². The molecule has 1 heterocycles. The third-order valence-electron chi connectivity index (χ3n) is 3.12. The number of nitrogens with one attached hydrogen (secondary N) is 1. The van der Waals surface area contributed by atoms with Crippen molar-refractivity contribution in [2.75, 3.05) is 6.61 Å². The largest absolute Gasteiger partial charge is 0.441 e. The van der Waals surface area contributed by atoms with E-state index in [0.29, 0.717) is 11.9 Å². The lowest BCUT2D eigenvalue weighted by Gasteiger charge is -2.15. The number of aliphatic hydroxyl groups excluding tert-OH is 1. The van der Waals surface area contributed by atoms with Crippen LogP contribution in [-0.4, -0.2) is 22.7 Å². The monoisotopic (exact) mass is 232 g/mol. The first kappa shape index (κ1) is 10.7. The molecule has 4 nitrogen and oxygen atoms in total. The van der Waals surface area contributed by atoms with Crippen molar-refractivity contribution in [2.45, 2.75) is 31.8 Å². The van der Waals surface area contributed by atoms with E-state index in [2.05, 4.69) is 10.3 Å². The van der Waals surface area contributed by atoms with Crippen molar-refractivity contribution >= 4 is 11.1 Å². The predicted octanol–water partition coefficient (Wildman–Crippen LogP) is 1.92. The molecule has 1 aromatic heterocycles. The van der Waals surface area contributed by atoms with E-state index in [1.54, 1.807) is 0 Å². The zero-order chi connectivity index (χ0) is 11.8. The summed E-state index contributed by atoms with van der Waals surface area (Å²) in [6.45, 7) is 1.95. The van der Waals surface area contributed by atoms with E-state index < -0.39 is 0 Å². The van der Waals surface area contributed by atoms with Crippen LogP contribution in [0.15, 0.2) is 22.6 Å². The van der Waals surface area contributed by atoms with Gasteiger partial charge in [0.15, 0.2) is 11.5 Å². The van der Waals surface area contributed by atoms with Crippen molar-refractivity contribution < 1.29 is 9.52 Å². The number of fused-ring (bicyclic) bond motifs is 1. The Labute approximate surface area is 99.7 Å². The number of benzene rings is 1. The minimum atomic E-state index is -0.00249. The number of hydrogen-bond donors (Lipinski definition) is 2. The van der Waals surface area contributed by atoms with Gasteiger partial charge in [-0.2, -0.15) is 0 Å². The van der Waals surface area contributed by atoms with Crippen molar-refractivity contribution in [1.29, 1.82) is 0 Å². The zero-order valence-electron chi connectivity index (χ0n) is 9.81. The summed E-state index contributed by atoms with van der Waals surface area (Å²) in [7, 11) is 0. The first-order chi connectivity index (χ1) is 8.26. The van der Waals surface area contributed by atoms with Gasteiger partial charge in [-0.25, -0.2) is 4.98 Å². The van der Waals surface area contributed by atoms with Crippen molar-refractivity contribution in [3.63, 3.8) is 0 Å². The highest BCUT2D eigenvalue weighted by molar-refractivity contribution is 5.73. The van der Waals surface area contributed by atoms with E-state index in [1.165, 1.54) is 12.8 Å². The summed E-state index contributed by atoms with van der Waals surface area (Å²) in [5.74, 6) is 0.674. The van der Waals surface area contributed by atoms with Crippen LogP contribution in [0.4, 0.5) is 0 Å². The molecule has 90 valence electrons. The molecule has 1 saturated carbocycles. The summed E-state index contributed by atoms with van der Waals surface area (Å²) in [6, 6.07) is 6.47. The minimum absolute atomic E-state index is 0.00249. The summed E-state index contributed by atoms with van der Waals surface area (Å²) >= 11 is 0. The molecule has 0 spiro atoms. The van der Waals surface area contributed by atoms with E-state index >= 15 is 0 Å². The number of nitrogens with zero attached hydrogens (tertiary/aromatic N) is 1. The van der Waals surface area contributed by atoms with Gasteiger partial charge in [-0.3, -0.25) is 0 Å². The van der Waals surface area contributed by atoms with Crippen molar-refractivity contribution in [3.05, 3.63) is 29.7 Å². The van der Waals surface area contributed by atoms with Crippen LogP contribution in [0.2, 0.25) is 0 Å². The Morgan fingerprint density at radius 2 is 2.35 bits per heavy atom. The highest BCUT2D eigenvalue weighted by atomic mass is 16.3. The maximum Gasteiger partial charge on any atom is 0.192 e. The first-order valence-electron chi connectivity index (χ1n) is 6.00. The molecule has 17 heavy (non-hydrogen) atoms. The second kappa shape index (κ2) is 4.13. The van der Waals surface area contributed by atoms with Gasteiger partial charge in [-0.15, -0.1) is 0 Å². The van der Waals surface area contributed by atoms with Crippen LogP contribution in [0.5, 0.6) is 0 Å². The molecule has 0 aliphatic heterocycles. The van der Waals surface area contributed by atoms with Crippen LogP contribution in [-0.2, 0) is 0 Å². The Morgan fingerprint density at radius 1 is 1.53 bits per heavy atom. The van der Waals surface area contributed by atoms with Gasteiger partial charge in [0.1, 0.15) is 5.52 Å². The quantitative estimate of drug-likeness (QED) is 0.845. The number of aryl methyl sites for hydroxylation is 1. The van der Waals surface area contributed by atoms with Crippen molar-refractivity contribution in [3.8, 4) is 0 Å². The van der Waals surface area contributed by atoms with E-state index in [-0.39, 0.29) is 12.6 Å². The lowest BCUT2D eigenvalue weighted by molar-refractivity contribution is 0.243. The average Bonchev–Trinajstić information content (AvgIpc) is 3.05. The molecule has 2 N–H and O–H groups in total. The Morgan fingerprint density at radius 3 is 3.06 bits per heavy atom. The van der Waals surface area contributed by atoms with Crippen LogP contribution in [0.25, 0.3) is 11.1 Å². The third-order valence-corrected chi connectivity index (χ3v) is 3.12. The van der Waals surface area contributed by atoms with E-state index in [1.807, 2.05) is 25.1 Å². The van der Waals surface area contributed by atoms with E-state index in [0.717, 1.165) is 16.7 Å². The lowest BCUT2D eigenvalue weighted by atomic mass is 10.1. The topological polar surface area (TPSA) is 58.3 Å². The summed E-state index contributed by atoms with van der Waals surface area (Å²) in [4.78, 5) is 4.26. The number of hydrogen-bond acceptors (Lipinski definition) is 4. The minimum Gasteiger partial charge on any atom is -0.441 e. The fraction of sp³-hybridized carbons (Fsp3) is 0.462. The van der Waals surface area contributed by atoms with Gasteiger partial charge in [-0.05, 0) is 30.5 Å². The zero-order valence-corrected chi connectivity index (χ0v) is 9.81. The molecule has 3 rings (SSSR count). The van der Waals surface area contributed by atoms with Gasteiger partial charge in [0.2, 0.25) is 0 Å². The fourth-order valence-electron chi connectivity index (χ4n) is 2.06. The normalized spacial score (nSPS) is 17.5. The van der Waals surface area contributed by atoms with Crippen LogP contribution < -0.4 is 5.32 Å². The highest BCUT2D eigenvalue weighted by Crippen LogP contribution is 2.26. The molecular weight excluding hydrogens is 216 g/mol. The molecule has 4 heteroatoms. The molecule has 1 fully saturated rings. The van der Waals surface area contributed by atoms with Gasteiger partial charge >= 0.3 is 0 Å². The second-order valence-electron chi connectivity index (χ2n) is 4.64. The Balaban J connectivity index is 1.91. The number of aromatic nitrogens is 1. The predicted molar refractivity (Wildman–Crippen MR) is 64.7 cm³/mol. The average molecular weight is 232 g/mol. The maximum atomic E-state index is 9.42. The second-order valence-corrected chi connectivity index (χ2v) is 4.64. The molecule has 1 unspecified atom stereocenters. The standard InChI is InChI=1S/C13H16N2O2/c1-8-14-11-5-2-9(6-13(11)17-8)12(7-16)15-10-3-4-10/h2,5-6,10,12,15-16H,3-4,7H2,1H3. The van der Waals surface area contributed by atoms with E-state index in [9.17, 15) is 5.11 Å². The molecule has 0 saturated heterocycles. The summed E-state index contributed by atoms with van der Waals surface area (Å²) in [5.41, 5.74) is 2.72. The van der Waals surface area contributed by atoms with Gasteiger partial charge < -0.3 is 14.8 Å². The molecule has 1 aromatic carbocycles. The smallest absolute Gasteiger partial charge is 0.192 e. The first-order valence-corrected chi connectivity index (χ1v) is 6.00. The molecule has 1 aliphatic rings. The van der Waals surface area contributed by atoms with E-state index in [4.69, 9.17) is 4.42 Å². The summed E-state index contributed by atoms with van der Waals surface area (Å²) in [6.07, 6.45) is 2.42. The molecule has 1 aliphatic carbocycles.